The zero-order chi connectivity index (χ0) is 20.0. The zero-order valence-electron chi connectivity index (χ0n) is 18.7. The number of benzene rings is 1. The lowest BCUT2D eigenvalue weighted by Crippen LogP contribution is -2.32. The monoisotopic (exact) mass is 364 g/mol. The molecule has 0 bridgehead atoms. The molecule has 1 nitrogen and oxygen atoms in total. The molecule has 0 radical (unpaired) electrons. The second-order valence-electron chi connectivity index (χ2n) is 10.5. The minimum atomic E-state index is 0.238. The molecule has 1 heteroatoms. The van der Waals surface area contributed by atoms with Gasteiger partial charge in [-0.15, -0.1) is 0 Å². The Hall–Kier alpha value is -1.63. The van der Waals surface area contributed by atoms with Gasteiger partial charge >= 0.3 is 0 Å². The molecular weight excluding hydrogens is 326 g/mol. The Kier molecular flexibility index (Phi) is 5.27. The van der Waals surface area contributed by atoms with Crippen LogP contribution in [-0.2, 0) is 24.3 Å². The van der Waals surface area contributed by atoms with E-state index < -0.39 is 0 Å². The lowest BCUT2D eigenvalue weighted by molar-refractivity contribution is -0.660. The second kappa shape index (κ2) is 7.08. The van der Waals surface area contributed by atoms with E-state index in [0.717, 1.165) is 6.42 Å². The van der Waals surface area contributed by atoms with Crippen molar-refractivity contribution in [2.75, 3.05) is 0 Å². The molecule has 1 aliphatic carbocycles. The number of aryl methyl sites for hydroxylation is 2. The molecule has 0 N–H and O–H groups in total. The molecule has 0 aliphatic heterocycles. The summed E-state index contributed by atoms with van der Waals surface area (Å²) in [5.41, 5.74) is 9.13. The molecule has 27 heavy (non-hydrogen) atoms. The maximum absolute atomic E-state index is 2.51. The van der Waals surface area contributed by atoms with Crippen molar-refractivity contribution >= 4 is 0 Å². The Bertz CT molecular complexity index is 840. The maximum Gasteiger partial charge on any atom is 0.212 e. The quantitative estimate of drug-likeness (QED) is 0.437. The highest BCUT2D eigenvalue weighted by Crippen LogP contribution is 2.45. The highest BCUT2D eigenvalue weighted by Gasteiger charge is 2.35. The van der Waals surface area contributed by atoms with Crippen molar-refractivity contribution in [1.29, 1.82) is 0 Å². The Morgan fingerprint density at radius 1 is 0.963 bits per heavy atom. The van der Waals surface area contributed by atoms with Crippen LogP contribution in [0.3, 0.4) is 0 Å². The molecule has 0 amide bonds. The predicted molar refractivity (Wildman–Crippen MR) is 116 cm³/mol. The standard InChI is InChI=1S/C26H38N/c1-18(2)14-20-10-11-24(27(8)17-20)21-16-23-22(15-19(21)3)25(4,5)12-9-13-26(23,6)7/h10-11,15-18H,9,12-14H2,1-8H3/q+1. The summed E-state index contributed by atoms with van der Waals surface area (Å²) in [5.74, 6) is 0.688. The highest BCUT2D eigenvalue weighted by atomic mass is 14.9. The lowest BCUT2D eigenvalue weighted by Gasteiger charge is -2.31. The van der Waals surface area contributed by atoms with E-state index in [1.807, 2.05) is 0 Å². The smallest absolute Gasteiger partial charge is 0.201 e. The van der Waals surface area contributed by atoms with Crippen LogP contribution in [0.15, 0.2) is 30.5 Å². The minimum Gasteiger partial charge on any atom is -0.201 e. The molecule has 1 aliphatic rings. The highest BCUT2D eigenvalue weighted by molar-refractivity contribution is 5.65. The molecular formula is C26H38N+. The summed E-state index contributed by atoms with van der Waals surface area (Å²) in [6.07, 6.45) is 7.31. The summed E-state index contributed by atoms with van der Waals surface area (Å²) < 4.78 is 2.32. The Balaban J connectivity index is 2.15. The first-order valence-corrected chi connectivity index (χ1v) is 10.7. The minimum absolute atomic E-state index is 0.238. The zero-order valence-corrected chi connectivity index (χ0v) is 18.7. The lowest BCUT2D eigenvalue weighted by atomic mass is 9.73. The molecule has 0 unspecified atom stereocenters. The molecule has 146 valence electrons. The fraction of sp³-hybridized carbons (Fsp3) is 0.577. The number of pyridine rings is 1. The van der Waals surface area contributed by atoms with Gasteiger partial charge in [-0.3, -0.25) is 0 Å². The Morgan fingerprint density at radius 3 is 2.11 bits per heavy atom. The van der Waals surface area contributed by atoms with Crippen LogP contribution < -0.4 is 4.57 Å². The van der Waals surface area contributed by atoms with E-state index in [-0.39, 0.29) is 10.8 Å². The van der Waals surface area contributed by atoms with Crippen LogP contribution in [0.1, 0.15) is 83.1 Å². The number of fused-ring (bicyclic) bond motifs is 1. The fourth-order valence-corrected chi connectivity index (χ4v) is 4.88. The predicted octanol–water partition coefficient (Wildman–Crippen LogP) is 6.42. The molecule has 1 heterocycles. The number of aromatic nitrogens is 1. The van der Waals surface area contributed by atoms with E-state index >= 15 is 0 Å². The topological polar surface area (TPSA) is 3.88 Å². The molecule has 3 rings (SSSR count). The molecule has 0 spiro atoms. The number of nitrogens with zero attached hydrogens (tertiary/aromatic N) is 1. The van der Waals surface area contributed by atoms with Crippen molar-refractivity contribution in [2.24, 2.45) is 13.0 Å². The number of hydrogen-bond donors (Lipinski definition) is 0. The van der Waals surface area contributed by atoms with E-state index in [2.05, 4.69) is 90.5 Å². The van der Waals surface area contributed by atoms with Crippen LogP contribution in [0.4, 0.5) is 0 Å². The second-order valence-corrected chi connectivity index (χ2v) is 10.5. The summed E-state index contributed by atoms with van der Waals surface area (Å²) in [6.45, 7) is 16.6. The molecule has 0 atom stereocenters. The van der Waals surface area contributed by atoms with Gasteiger partial charge in [0.05, 0.1) is 0 Å². The Morgan fingerprint density at radius 2 is 1.56 bits per heavy atom. The van der Waals surface area contributed by atoms with Gasteiger partial charge in [-0.2, -0.15) is 0 Å². The summed E-state index contributed by atoms with van der Waals surface area (Å²) in [5, 5.41) is 0. The van der Waals surface area contributed by atoms with Gasteiger partial charge < -0.3 is 0 Å². The van der Waals surface area contributed by atoms with Crippen molar-refractivity contribution < 1.29 is 4.57 Å². The van der Waals surface area contributed by atoms with Gasteiger partial charge in [-0.1, -0.05) is 54.0 Å². The van der Waals surface area contributed by atoms with Crippen molar-refractivity contribution in [3.05, 3.63) is 52.7 Å². The van der Waals surface area contributed by atoms with Crippen LogP contribution >= 0.6 is 0 Å². The molecule has 1 aromatic carbocycles. The van der Waals surface area contributed by atoms with Gasteiger partial charge in [0.1, 0.15) is 7.05 Å². The maximum atomic E-state index is 2.51. The van der Waals surface area contributed by atoms with E-state index in [9.17, 15) is 0 Å². The van der Waals surface area contributed by atoms with Gasteiger partial charge in [-0.05, 0) is 71.8 Å². The average Bonchev–Trinajstić information content (AvgIpc) is 2.61. The van der Waals surface area contributed by atoms with Crippen molar-refractivity contribution in [3.63, 3.8) is 0 Å². The first kappa shape index (κ1) is 20.1. The van der Waals surface area contributed by atoms with Crippen LogP contribution in [0.5, 0.6) is 0 Å². The van der Waals surface area contributed by atoms with Crippen molar-refractivity contribution in [1.82, 2.24) is 0 Å². The van der Waals surface area contributed by atoms with Crippen molar-refractivity contribution in [2.45, 2.75) is 85.0 Å². The molecule has 0 saturated heterocycles. The molecule has 0 fully saturated rings. The van der Waals surface area contributed by atoms with Gasteiger partial charge in [0.15, 0.2) is 6.20 Å². The van der Waals surface area contributed by atoms with E-state index in [1.54, 1.807) is 11.1 Å². The van der Waals surface area contributed by atoms with Gasteiger partial charge in [0.25, 0.3) is 0 Å². The van der Waals surface area contributed by atoms with Crippen LogP contribution in [0.25, 0.3) is 11.3 Å². The summed E-state index contributed by atoms with van der Waals surface area (Å²) in [6, 6.07) is 9.63. The number of hydrogen-bond acceptors (Lipinski definition) is 0. The van der Waals surface area contributed by atoms with E-state index in [4.69, 9.17) is 0 Å². The third kappa shape index (κ3) is 3.98. The van der Waals surface area contributed by atoms with Crippen molar-refractivity contribution in [3.8, 4) is 11.3 Å². The summed E-state index contributed by atoms with van der Waals surface area (Å²) in [7, 11) is 2.19. The van der Waals surface area contributed by atoms with E-state index in [0.29, 0.717) is 5.92 Å². The number of rotatable bonds is 3. The van der Waals surface area contributed by atoms with Gasteiger partial charge in [-0.25, -0.2) is 4.57 Å². The molecule has 0 saturated carbocycles. The van der Waals surface area contributed by atoms with Gasteiger partial charge in [0.2, 0.25) is 5.69 Å². The fourth-order valence-electron chi connectivity index (χ4n) is 4.88. The third-order valence-electron chi connectivity index (χ3n) is 6.54. The van der Waals surface area contributed by atoms with Crippen LogP contribution in [-0.4, -0.2) is 0 Å². The first-order valence-electron chi connectivity index (χ1n) is 10.7. The van der Waals surface area contributed by atoms with Crippen LogP contribution in [0.2, 0.25) is 0 Å². The SMILES string of the molecule is Cc1cc2c(cc1-c1ccc(CC(C)C)c[n+]1C)C(C)(C)CCCC2(C)C. The molecule has 2 aromatic rings. The Labute approximate surface area is 166 Å². The average molecular weight is 365 g/mol. The largest absolute Gasteiger partial charge is 0.212 e. The third-order valence-corrected chi connectivity index (χ3v) is 6.54. The molecule has 1 aromatic heterocycles. The normalized spacial score (nSPS) is 18.3. The van der Waals surface area contributed by atoms with E-state index in [1.165, 1.54) is 41.6 Å². The summed E-state index contributed by atoms with van der Waals surface area (Å²) >= 11 is 0. The summed E-state index contributed by atoms with van der Waals surface area (Å²) in [4.78, 5) is 0. The van der Waals surface area contributed by atoms with Crippen LogP contribution in [0, 0.1) is 12.8 Å². The van der Waals surface area contributed by atoms with Gasteiger partial charge in [0, 0.05) is 17.2 Å². The first-order chi connectivity index (χ1) is 12.5.